The van der Waals surface area contributed by atoms with E-state index in [0.717, 1.165) is 6.54 Å². The first kappa shape index (κ1) is 12.4. The summed E-state index contributed by atoms with van der Waals surface area (Å²) in [5, 5.41) is 0. The molecule has 0 radical (unpaired) electrons. The van der Waals surface area contributed by atoms with Crippen molar-refractivity contribution < 1.29 is 0 Å². The van der Waals surface area contributed by atoms with Crippen LogP contribution in [0.2, 0.25) is 0 Å². The van der Waals surface area contributed by atoms with E-state index in [1.54, 1.807) is 0 Å². The van der Waals surface area contributed by atoms with E-state index in [1.165, 1.54) is 5.57 Å². The number of hydrogen-bond donors (Lipinski definition) is 0. The molecule has 0 bridgehead atoms. The first-order valence-electron chi connectivity index (χ1n) is 4.87. The molecule has 0 atom stereocenters. The third kappa shape index (κ3) is 5.64. The Bertz CT molecular complexity index is 194. The van der Waals surface area contributed by atoms with Crippen LogP contribution in [0.3, 0.4) is 0 Å². The van der Waals surface area contributed by atoms with Gasteiger partial charge in [0.25, 0.3) is 0 Å². The molecule has 1 heteroatoms. The lowest BCUT2D eigenvalue weighted by molar-refractivity contribution is 0.191. The number of likely N-dealkylation sites (N-methyl/N-ethyl adjacent to an activating group) is 1. The van der Waals surface area contributed by atoms with Gasteiger partial charge in [0.05, 0.1) is 0 Å². The number of allylic oxidation sites excluding steroid dienone is 3. The van der Waals surface area contributed by atoms with Crippen LogP contribution in [0.25, 0.3) is 0 Å². The predicted octanol–water partition coefficient (Wildman–Crippen LogP) is 3.24. The van der Waals surface area contributed by atoms with Crippen LogP contribution in [0.4, 0.5) is 0 Å². The van der Waals surface area contributed by atoms with Gasteiger partial charge in [0.15, 0.2) is 0 Å². The summed E-state index contributed by atoms with van der Waals surface area (Å²) in [6, 6.07) is 0. The smallest absolute Gasteiger partial charge is 0.0195 e. The van der Waals surface area contributed by atoms with Gasteiger partial charge < -0.3 is 0 Å². The van der Waals surface area contributed by atoms with E-state index in [0.29, 0.717) is 0 Å². The molecule has 0 amide bonds. The van der Waals surface area contributed by atoms with E-state index in [2.05, 4.69) is 57.9 Å². The number of rotatable bonds is 3. The molecule has 0 fully saturated rings. The zero-order valence-corrected chi connectivity index (χ0v) is 9.89. The van der Waals surface area contributed by atoms with Crippen molar-refractivity contribution in [2.45, 2.75) is 40.2 Å². The van der Waals surface area contributed by atoms with Crippen LogP contribution in [0.15, 0.2) is 23.8 Å². The maximum absolute atomic E-state index is 2.35. The van der Waals surface area contributed by atoms with Gasteiger partial charge in [-0.3, -0.25) is 4.90 Å². The van der Waals surface area contributed by atoms with Crippen LogP contribution in [0, 0.1) is 0 Å². The van der Waals surface area contributed by atoms with Crippen LogP contribution in [0.5, 0.6) is 0 Å². The minimum absolute atomic E-state index is 0.255. The molecule has 0 unspecified atom stereocenters. The van der Waals surface area contributed by atoms with Gasteiger partial charge in [-0.15, -0.1) is 0 Å². The molecule has 0 saturated heterocycles. The second-order valence-electron chi connectivity index (χ2n) is 4.57. The van der Waals surface area contributed by atoms with E-state index in [1.807, 2.05) is 6.92 Å². The van der Waals surface area contributed by atoms with Gasteiger partial charge in [-0.05, 0) is 41.7 Å². The Morgan fingerprint density at radius 3 is 2.23 bits per heavy atom. The molecule has 0 saturated carbocycles. The lowest BCUT2D eigenvalue weighted by atomic mass is 10.1. The molecule has 0 rings (SSSR count). The van der Waals surface area contributed by atoms with E-state index in [9.17, 15) is 0 Å². The van der Waals surface area contributed by atoms with E-state index in [-0.39, 0.29) is 5.54 Å². The van der Waals surface area contributed by atoms with Crippen molar-refractivity contribution in [2.24, 2.45) is 0 Å². The Balaban J connectivity index is 4.13. The summed E-state index contributed by atoms with van der Waals surface area (Å²) >= 11 is 0. The maximum Gasteiger partial charge on any atom is 0.0195 e. The van der Waals surface area contributed by atoms with Gasteiger partial charge in [0.2, 0.25) is 0 Å². The van der Waals surface area contributed by atoms with Crippen LogP contribution in [-0.4, -0.2) is 24.0 Å². The average molecular weight is 181 g/mol. The topological polar surface area (TPSA) is 3.24 Å². The first-order chi connectivity index (χ1) is 5.88. The number of nitrogens with zero attached hydrogens (tertiary/aromatic N) is 1. The molecule has 0 heterocycles. The summed E-state index contributed by atoms with van der Waals surface area (Å²) in [4.78, 5) is 2.35. The van der Waals surface area contributed by atoms with Crippen LogP contribution < -0.4 is 0 Å². The molecule has 0 aliphatic rings. The van der Waals surface area contributed by atoms with Gasteiger partial charge in [-0.1, -0.05) is 23.8 Å². The highest BCUT2D eigenvalue weighted by molar-refractivity contribution is 5.11. The van der Waals surface area contributed by atoms with Gasteiger partial charge in [-0.2, -0.15) is 0 Å². The molecule has 0 spiro atoms. The van der Waals surface area contributed by atoms with Crippen molar-refractivity contribution in [1.82, 2.24) is 4.90 Å². The molecule has 0 aromatic rings. The highest BCUT2D eigenvalue weighted by Gasteiger charge is 2.16. The van der Waals surface area contributed by atoms with E-state index in [4.69, 9.17) is 0 Å². The fourth-order valence-corrected chi connectivity index (χ4v) is 0.924. The average Bonchev–Trinajstić information content (AvgIpc) is 1.99. The molecule has 0 aromatic heterocycles. The molecule has 0 N–H and O–H groups in total. The minimum Gasteiger partial charge on any atom is -0.298 e. The van der Waals surface area contributed by atoms with E-state index >= 15 is 0 Å². The van der Waals surface area contributed by atoms with Crippen LogP contribution in [0.1, 0.15) is 34.6 Å². The van der Waals surface area contributed by atoms with Crippen LogP contribution >= 0.6 is 0 Å². The molecule has 0 aromatic carbocycles. The highest BCUT2D eigenvalue weighted by Crippen LogP contribution is 2.12. The van der Waals surface area contributed by atoms with Crippen molar-refractivity contribution in [3.05, 3.63) is 23.8 Å². The third-order valence-electron chi connectivity index (χ3n) is 2.20. The summed E-state index contributed by atoms with van der Waals surface area (Å²) in [7, 11) is 2.16. The standard InChI is InChI=1S/C12H23N/c1-7-8-9-11(2)10-13(6)12(3,4)5/h7-9H,10H2,1-6H3/b8-7-,11-9+. The Morgan fingerprint density at radius 1 is 1.31 bits per heavy atom. The van der Waals surface area contributed by atoms with Gasteiger partial charge >= 0.3 is 0 Å². The summed E-state index contributed by atoms with van der Waals surface area (Å²) in [5.41, 5.74) is 1.65. The summed E-state index contributed by atoms with van der Waals surface area (Å²) in [5.74, 6) is 0. The van der Waals surface area contributed by atoms with Crippen molar-refractivity contribution in [3.63, 3.8) is 0 Å². The first-order valence-corrected chi connectivity index (χ1v) is 4.87. The number of hydrogen-bond acceptors (Lipinski definition) is 1. The van der Waals surface area contributed by atoms with Gasteiger partial charge in [0, 0.05) is 12.1 Å². The second-order valence-corrected chi connectivity index (χ2v) is 4.57. The predicted molar refractivity (Wildman–Crippen MR) is 61.0 cm³/mol. The normalized spacial score (nSPS) is 14.5. The monoisotopic (exact) mass is 181 g/mol. The Morgan fingerprint density at radius 2 is 1.85 bits per heavy atom. The summed E-state index contributed by atoms with van der Waals surface area (Å²) in [6.07, 6.45) is 6.31. The zero-order chi connectivity index (χ0) is 10.5. The quantitative estimate of drug-likeness (QED) is 0.604. The van der Waals surface area contributed by atoms with Gasteiger partial charge in [-0.25, -0.2) is 0 Å². The van der Waals surface area contributed by atoms with Crippen molar-refractivity contribution in [1.29, 1.82) is 0 Å². The lowest BCUT2D eigenvalue weighted by Crippen LogP contribution is -2.38. The molecule has 0 aliphatic carbocycles. The molecule has 13 heavy (non-hydrogen) atoms. The van der Waals surface area contributed by atoms with Crippen molar-refractivity contribution in [3.8, 4) is 0 Å². The zero-order valence-electron chi connectivity index (χ0n) is 9.89. The SMILES string of the molecule is C/C=C\C=C(/C)CN(C)C(C)(C)C. The second kappa shape index (κ2) is 5.23. The Hall–Kier alpha value is -0.560. The molecule has 0 aliphatic heterocycles. The molecule has 1 nitrogen and oxygen atoms in total. The lowest BCUT2D eigenvalue weighted by Gasteiger charge is -2.32. The third-order valence-corrected chi connectivity index (χ3v) is 2.20. The Labute approximate surface area is 83.1 Å². The fraction of sp³-hybridized carbons (Fsp3) is 0.667. The minimum atomic E-state index is 0.255. The van der Waals surface area contributed by atoms with Crippen molar-refractivity contribution in [2.75, 3.05) is 13.6 Å². The molecular formula is C12H23N. The van der Waals surface area contributed by atoms with E-state index < -0.39 is 0 Å². The molecular weight excluding hydrogens is 158 g/mol. The largest absolute Gasteiger partial charge is 0.298 e. The van der Waals surface area contributed by atoms with Crippen molar-refractivity contribution >= 4 is 0 Å². The maximum atomic E-state index is 2.35. The summed E-state index contributed by atoms with van der Waals surface area (Å²) < 4.78 is 0. The molecule has 76 valence electrons. The van der Waals surface area contributed by atoms with Crippen LogP contribution in [-0.2, 0) is 0 Å². The van der Waals surface area contributed by atoms with Gasteiger partial charge in [0.1, 0.15) is 0 Å². The highest BCUT2D eigenvalue weighted by atomic mass is 15.1. The summed E-state index contributed by atoms with van der Waals surface area (Å²) in [6.45, 7) is 11.9. The fourth-order valence-electron chi connectivity index (χ4n) is 0.924. The Kier molecular flexibility index (Phi) is 5.01.